The van der Waals surface area contributed by atoms with Gasteiger partial charge in [-0.15, -0.1) is 0 Å². The number of ether oxygens (including phenoxy) is 2. The monoisotopic (exact) mass is 1030 g/mol. The third-order valence-electron chi connectivity index (χ3n) is 10.7. The molecule has 2 amide bonds. The maximum atomic E-state index is 15.4. The number of aromatic nitrogens is 5. The number of fused-ring (bicyclic) bond motifs is 2. The summed E-state index contributed by atoms with van der Waals surface area (Å²) in [7, 11) is 5.94. The van der Waals surface area contributed by atoms with Crippen molar-refractivity contribution in [1.29, 1.82) is 0 Å². The van der Waals surface area contributed by atoms with Gasteiger partial charge in [0, 0.05) is 74.7 Å². The third-order valence-corrected chi connectivity index (χ3v) is 12.0. The number of pyridine rings is 3. The number of nitrogens with zero attached hydrogens (tertiary/aromatic N) is 8. The van der Waals surface area contributed by atoms with Crippen molar-refractivity contribution in [3.05, 3.63) is 94.8 Å². The van der Waals surface area contributed by atoms with Crippen LogP contribution in [0.25, 0.3) is 28.2 Å². The second kappa shape index (κ2) is 24.8. The fraction of sp³-hybridized carbons (Fsp3) is 0.391. The molecular formula is C46H56ClF5N12O4P2. The zero-order chi connectivity index (χ0) is 51.3. The van der Waals surface area contributed by atoms with Gasteiger partial charge in [-0.2, -0.15) is 13.2 Å². The van der Waals surface area contributed by atoms with Crippen LogP contribution in [0.2, 0.25) is 5.02 Å². The zero-order valence-corrected chi connectivity index (χ0v) is 42.4. The minimum atomic E-state index is -4.83. The molecule has 6 atom stereocenters. The van der Waals surface area contributed by atoms with Crippen molar-refractivity contribution in [2.75, 3.05) is 66.7 Å². The second-order valence-corrected chi connectivity index (χ2v) is 18.0. The molecule has 4 aliphatic heterocycles. The summed E-state index contributed by atoms with van der Waals surface area (Å²) >= 11 is 6.29. The zero-order valence-electron chi connectivity index (χ0n) is 39.4. The molecule has 4 N–H and O–H groups in total. The van der Waals surface area contributed by atoms with E-state index in [1.807, 2.05) is 53.3 Å². The van der Waals surface area contributed by atoms with Crippen LogP contribution in [0.15, 0.2) is 78.0 Å². The van der Waals surface area contributed by atoms with E-state index in [2.05, 4.69) is 78.7 Å². The van der Waals surface area contributed by atoms with Crippen LogP contribution in [0.3, 0.4) is 0 Å². The number of piperazine rings is 1. The van der Waals surface area contributed by atoms with Gasteiger partial charge in [0.15, 0.2) is 12.0 Å². The highest BCUT2D eigenvalue weighted by Crippen LogP contribution is 2.45. The van der Waals surface area contributed by atoms with Gasteiger partial charge in [-0.1, -0.05) is 49.2 Å². The molecule has 70 heavy (non-hydrogen) atoms. The molecule has 1 saturated heterocycles. The summed E-state index contributed by atoms with van der Waals surface area (Å²) < 4.78 is 80.8. The Morgan fingerprint density at radius 1 is 0.986 bits per heavy atom. The summed E-state index contributed by atoms with van der Waals surface area (Å²) in [6, 6.07) is 8.44. The number of hydrogen-bond acceptors (Lipinski definition) is 14. The van der Waals surface area contributed by atoms with Crippen LogP contribution in [0.5, 0.6) is 0 Å². The predicted octanol–water partition coefficient (Wildman–Crippen LogP) is 9.99. The normalized spacial score (nSPS) is 18.9. The highest BCUT2D eigenvalue weighted by atomic mass is 35.5. The first-order valence-corrected chi connectivity index (χ1v) is 23.6. The van der Waals surface area contributed by atoms with Crippen LogP contribution < -0.4 is 31.1 Å². The predicted molar refractivity (Wildman–Crippen MR) is 272 cm³/mol. The van der Waals surface area contributed by atoms with Crippen LogP contribution in [-0.4, -0.2) is 108 Å². The number of amides is 2. The number of allylic oxidation sites excluding steroid dienone is 3. The van der Waals surface area contributed by atoms with Crippen molar-refractivity contribution in [3.8, 4) is 22.6 Å². The molecule has 0 aliphatic carbocycles. The van der Waals surface area contributed by atoms with Crippen LogP contribution in [-0.2, 0) is 14.9 Å². The number of aliphatic imine (C=N–C) groups is 1. The first-order chi connectivity index (χ1) is 33.2. The Kier molecular flexibility index (Phi) is 19.5. The smallest absolute Gasteiger partial charge is 0.420 e. The Balaban J connectivity index is 0.000000230. The second-order valence-electron chi connectivity index (χ2n) is 16.0. The van der Waals surface area contributed by atoms with Gasteiger partial charge in [-0.05, 0) is 88.5 Å². The largest absolute Gasteiger partial charge is 0.437 e. The highest BCUT2D eigenvalue weighted by Gasteiger charge is 2.41. The molecule has 8 rings (SSSR count). The lowest BCUT2D eigenvalue weighted by atomic mass is 9.97. The number of halogens is 6. The lowest BCUT2D eigenvalue weighted by Crippen LogP contribution is -2.49. The Bertz CT molecular complexity index is 2600. The van der Waals surface area contributed by atoms with E-state index in [0.29, 0.717) is 59.9 Å². The number of alkyl halides is 5. The summed E-state index contributed by atoms with van der Waals surface area (Å²) in [6.07, 6.45) is 1.19. The maximum Gasteiger partial charge on any atom is 0.420 e. The van der Waals surface area contributed by atoms with Crippen LogP contribution in [0.1, 0.15) is 63.8 Å². The Hall–Kier alpha value is -5.88. The van der Waals surface area contributed by atoms with Crippen molar-refractivity contribution in [2.24, 2.45) is 4.99 Å². The van der Waals surface area contributed by atoms with Crippen LogP contribution >= 0.6 is 30.1 Å². The van der Waals surface area contributed by atoms with Gasteiger partial charge in [0.05, 0.1) is 17.0 Å². The molecule has 24 heteroatoms. The molecule has 0 saturated carbocycles. The van der Waals surface area contributed by atoms with Crippen molar-refractivity contribution in [2.45, 2.75) is 70.7 Å². The Labute approximate surface area is 412 Å². The first-order valence-electron chi connectivity index (χ1n) is 21.9. The van der Waals surface area contributed by atoms with Gasteiger partial charge in [0.25, 0.3) is 0 Å². The molecule has 1 fully saturated rings. The number of nitrogens with one attached hydrogen (secondary N) is 4. The molecule has 8 heterocycles. The molecule has 0 bridgehead atoms. The number of carbonyl (C=O) groups excluding carboxylic acids is 2. The molecule has 0 spiro atoms. The SMILES string of the molecule is C/C=C\C.C=NC.CC1=CNCCN(c2cc(Cl)cc(-c3ncnc4c3C(C(F)(F)F)=COC(=O)N4)n2)C1.CCC(F)(P)c1cc(-c2ccnc3c2C(C(F)P)OC(=O)N3)nc(N2CCN[C@@H](C)C2)c1. The van der Waals surface area contributed by atoms with Crippen molar-refractivity contribution in [3.63, 3.8) is 0 Å². The molecule has 16 nitrogen and oxygen atoms in total. The lowest BCUT2D eigenvalue weighted by Gasteiger charge is -2.34. The van der Waals surface area contributed by atoms with Crippen molar-refractivity contribution < 1.29 is 41.0 Å². The van der Waals surface area contributed by atoms with Gasteiger partial charge in [0.1, 0.15) is 52.5 Å². The molecule has 4 aromatic heterocycles. The molecule has 5 unspecified atom stereocenters. The number of hydrogen-bond donors (Lipinski definition) is 4. The van der Waals surface area contributed by atoms with E-state index in [1.54, 1.807) is 38.2 Å². The average molecular weight is 1030 g/mol. The summed E-state index contributed by atoms with van der Waals surface area (Å²) in [6.45, 7) is 17.0. The Morgan fingerprint density at radius 3 is 2.31 bits per heavy atom. The van der Waals surface area contributed by atoms with E-state index in [0.717, 1.165) is 31.5 Å². The fourth-order valence-electron chi connectivity index (χ4n) is 7.28. The van der Waals surface area contributed by atoms with Crippen LogP contribution in [0.4, 0.5) is 54.8 Å². The van der Waals surface area contributed by atoms with E-state index in [4.69, 9.17) is 21.3 Å². The summed E-state index contributed by atoms with van der Waals surface area (Å²) in [5.41, 5.74) is 1.20. The Morgan fingerprint density at radius 2 is 1.66 bits per heavy atom. The molecule has 376 valence electrons. The van der Waals surface area contributed by atoms with Gasteiger partial charge in [0.2, 0.25) is 0 Å². The minimum Gasteiger partial charge on any atom is -0.437 e. The average Bonchev–Trinajstić information content (AvgIpc) is 3.66. The number of rotatable bonds is 7. The molecule has 4 aromatic rings. The van der Waals surface area contributed by atoms with Gasteiger partial charge < -0.3 is 34.9 Å². The first kappa shape index (κ1) is 55.1. The van der Waals surface area contributed by atoms with Crippen molar-refractivity contribution >= 4 is 77.8 Å². The molecule has 0 radical (unpaired) electrons. The number of carbonyl (C=O) groups is 2. The minimum absolute atomic E-state index is 0.103. The summed E-state index contributed by atoms with van der Waals surface area (Å²) in [4.78, 5) is 52.2. The number of cyclic esters (lactones) is 2. The van der Waals surface area contributed by atoms with Gasteiger partial charge in [-0.3, -0.25) is 10.6 Å². The molecule has 4 aliphatic rings. The maximum absolute atomic E-state index is 15.4. The quantitative estimate of drug-likeness (QED) is 0.0594. The van der Waals surface area contributed by atoms with E-state index >= 15 is 4.39 Å². The van der Waals surface area contributed by atoms with Gasteiger partial charge >= 0.3 is 18.4 Å². The topological polar surface area (TPSA) is 184 Å². The summed E-state index contributed by atoms with van der Waals surface area (Å²) in [5, 5.41) is 9.89. The fourth-order valence-corrected chi connectivity index (χ4v) is 7.92. The van der Waals surface area contributed by atoms with Crippen molar-refractivity contribution in [1.82, 2.24) is 35.6 Å². The molecule has 0 aromatic carbocycles. The van der Waals surface area contributed by atoms with Gasteiger partial charge in [-0.25, -0.2) is 43.3 Å². The molecular weight excluding hydrogens is 977 g/mol. The number of anilines is 4. The van der Waals surface area contributed by atoms with E-state index < -0.39 is 46.9 Å². The van der Waals surface area contributed by atoms with E-state index in [9.17, 15) is 27.2 Å². The van der Waals surface area contributed by atoms with E-state index in [1.165, 1.54) is 12.3 Å². The highest BCUT2D eigenvalue weighted by molar-refractivity contribution is 7.18. The standard InChI is InChI=1S/C21H27F2N5O2P2.C19H16ClF3N6O2.C4H8.C2H5N/c1-3-21(23,32)12-8-14(26-15(9-12)28-7-6-24-11(2)10-28)13-4-5-25-19-16(13)17(18(22)31)30-20(29)27-19;1-10-6-24-2-3-29(7-10)14-5-11(20)4-13(27-14)16-15-12(19(21,22)23)8-31-18(30)28-17(15)26-9-25-16;1-3-4-2;1-3-2/h4-5,8-9,11,17-18,24H,3,6-7,10,31-32H2,1-2H3,(H,25,27,29);4-6,8-9,24H,2-3,7H2,1H3,(H,25,26,28,30);3-4H,1-2H3;1H2,2H3/b;;4-3-;/t11-,17?,18?,21?;;;/m0.../s1. The third kappa shape index (κ3) is 14.1. The van der Waals surface area contributed by atoms with E-state index in [-0.39, 0.29) is 40.5 Å². The summed E-state index contributed by atoms with van der Waals surface area (Å²) in [5.74, 6) is -0.535. The lowest BCUT2D eigenvalue weighted by molar-refractivity contribution is -0.0697. The van der Waals surface area contributed by atoms with Crippen LogP contribution in [0, 0.1) is 0 Å².